The van der Waals surface area contributed by atoms with Crippen LogP contribution in [0.4, 0.5) is 0 Å². The van der Waals surface area contributed by atoms with Crippen LogP contribution in [0.5, 0.6) is 0 Å². The summed E-state index contributed by atoms with van der Waals surface area (Å²) in [5.41, 5.74) is 1.11. The molecular weight excluding hydrogens is 206 g/mol. The number of hydrogen-bond donors (Lipinski definition) is 0. The van der Waals surface area contributed by atoms with E-state index in [-0.39, 0.29) is 5.91 Å². The highest BCUT2D eigenvalue weighted by Crippen LogP contribution is 2.19. The summed E-state index contributed by atoms with van der Waals surface area (Å²) in [5.74, 6) is 2.57. The number of hydrogen-bond acceptors (Lipinski definition) is 2. The highest BCUT2D eigenvalue weighted by Gasteiger charge is 2.17. The monoisotopic (exact) mass is 221 g/mol. The molecular formula is C12H15NOS. The second-order valence-corrected chi connectivity index (χ2v) is 4.07. The molecule has 0 radical (unpaired) electrons. The van der Waals surface area contributed by atoms with Crippen LogP contribution in [0.1, 0.15) is 29.1 Å². The number of thiophene rings is 1. The zero-order valence-corrected chi connectivity index (χ0v) is 9.93. The van der Waals surface area contributed by atoms with Crippen molar-refractivity contribution >= 4 is 17.2 Å². The van der Waals surface area contributed by atoms with Crippen LogP contribution in [0.3, 0.4) is 0 Å². The molecule has 0 aliphatic heterocycles. The van der Waals surface area contributed by atoms with Gasteiger partial charge in [0, 0.05) is 6.54 Å². The number of carbonyl (C=O) groups is 1. The summed E-state index contributed by atoms with van der Waals surface area (Å²) in [6.07, 6.45) is 6.11. The Labute approximate surface area is 94.9 Å². The molecule has 0 N–H and O–H groups in total. The van der Waals surface area contributed by atoms with Gasteiger partial charge < -0.3 is 4.90 Å². The Hall–Kier alpha value is -1.27. The largest absolute Gasteiger partial charge is 0.327 e. The first-order valence-electron chi connectivity index (χ1n) is 5.03. The van der Waals surface area contributed by atoms with E-state index in [1.54, 1.807) is 4.90 Å². The molecule has 0 unspecified atom stereocenters. The number of rotatable bonds is 4. The minimum absolute atomic E-state index is 0.0577. The summed E-state index contributed by atoms with van der Waals surface area (Å²) in [7, 11) is 0. The lowest BCUT2D eigenvalue weighted by Gasteiger charge is -2.17. The molecule has 0 saturated carbocycles. The maximum atomic E-state index is 12.0. The summed E-state index contributed by atoms with van der Waals surface area (Å²) in [6.45, 7) is 5.03. The second kappa shape index (κ2) is 5.57. The molecule has 2 nitrogen and oxygen atoms in total. The Morgan fingerprint density at radius 1 is 1.60 bits per heavy atom. The molecule has 0 aliphatic rings. The van der Waals surface area contributed by atoms with Gasteiger partial charge in [-0.3, -0.25) is 4.79 Å². The minimum Gasteiger partial charge on any atom is -0.327 e. The maximum Gasteiger partial charge on any atom is 0.264 e. The lowest BCUT2D eigenvalue weighted by atomic mass is 10.2. The fraction of sp³-hybridized carbons (Fsp3) is 0.417. The van der Waals surface area contributed by atoms with Crippen LogP contribution < -0.4 is 0 Å². The van der Waals surface area contributed by atoms with Gasteiger partial charge in [0.05, 0.1) is 11.4 Å². The lowest BCUT2D eigenvalue weighted by Crippen LogP contribution is -2.31. The van der Waals surface area contributed by atoms with Crippen LogP contribution >= 0.6 is 11.3 Å². The van der Waals surface area contributed by atoms with Crippen molar-refractivity contribution in [1.29, 1.82) is 0 Å². The molecule has 15 heavy (non-hydrogen) atoms. The molecule has 1 rings (SSSR count). The number of nitrogens with zero attached hydrogens (tertiary/aromatic N) is 1. The third-order valence-electron chi connectivity index (χ3n) is 2.27. The first kappa shape index (κ1) is 11.8. The van der Waals surface area contributed by atoms with Gasteiger partial charge in [-0.1, -0.05) is 12.8 Å². The lowest BCUT2D eigenvalue weighted by molar-refractivity contribution is 0.0789. The van der Waals surface area contributed by atoms with Crippen molar-refractivity contribution in [1.82, 2.24) is 4.90 Å². The fourth-order valence-electron chi connectivity index (χ4n) is 1.38. The van der Waals surface area contributed by atoms with Crippen molar-refractivity contribution in [2.75, 3.05) is 13.1 Å². The van der Waals surface area contributed by atoms with Crippen LogP contribution in [0.2, 0.25) is 0 Å². The first-order valence-corrected chi connectivity index (χ1v) is 5.91. The van der Waals surface area contributed by atoms with Gasteiger partial charge in [0.1, 0.15) is 0 Å². The SMILES string of the molecule is C#CCN(CC)C(=O)c1sccc1CC. The smallest absolute Gasteiger partial charge is 0.264 e. The Morgan fingerprint density at radius 2 is 2.33 bits per heavy atom. The second-order valence-electron chi connectivity index (χ2n) is 3.15. The van der Waals surface area contributed by atoms with Crippen LogP contribution in [-0.2, 0) is 6.42 Å². The standard InChI is InChI=1S/C12H15NOS/c1-4-8-13(6-3)12(14)11-10(5-2)7-9-15-11/h1,7,9H,5-6,8H2,2-3H3. The number of amides is 1. The maximum absolute atomic E-state index is 12.0. The summed E-state index contributed by atoms with van der Waals surface area (Å²) in [6, 6.07) is 2.00. The first-order chi connectivity index (χ1) is 7.24. The minimum atomic E-state index is 0.0577. The highest BCUT2D eigenvalue weighted by atomic mass is 32.1. The van der Waals surface area contributed by atoms with Crippen molar-refractivity contribution in [3.63, 3.8) is 0 Å². The third kappa shape index (κ3) is 2.60. The van der Waals surface area contributed by atoms with Crippen LogP contribution in [0.25, 0.3) is 0 Å². The van der Waals surface area contributed by atoms with E-state index in [2.05, 4.69) is 12.8 Å². The molecule has 1 aromatic rings. The van der Waals surface area contributed by atoms with Gasteiger partial charge in [0.2, 0.25) is 0 Å². The third-order valence-corrected chi connectivity index (χ3v) is 3.22. The topological polar surface area (TPSA) is 20.3 Å². The van der Waals surface area contributed by atoms with Gasteiger partial charge in [0.15, 0.2) is 0 Å². The van der Waals surface area contributed by atoms with Crippen molar-refractivity contribution in [3.05, 3.63) is 21.9 Å². The zero-order valence-electron chi connectivity index (χ0n) is 9.12. The van der Waals surface area contributed by atoms with Crippen LogP contribution in [-0.4, -0.2) is 23.9 Å². The van der Waals surface area contributed by atoms with E-state index in [4.69, 9.17) is 6.42 Å². The molecule has 0 spiro atoms. The van der Waals surface area contributed by atoms with Crippen LogP contribution in [0, 0.1) is 12.3 Å². The predicted octanol–water partition coefficient (Wildman–Crippen LogP) is 2.41. The van der Waals surface area contributed by atoms with Crippen molar-refractivity contribution in [2.24, 2.45) is 0 Å². The van der Waals surface area contributed by atoms with Gasteiger partial charge in [-0.15, -0.1) is 17.8 Å². The number of carbonyl (C=O) groups excluding carboxylic acids is 1. The van der Waals surface area contributed by atoms with Crippen LogP contribution in [0.15, 0.2) is 11.4 Å². The van der Waals surface area contributed by atoms with Crippen molar-refractivity contribution in [3.8, 4) is 12.3 Å². The van der Waals surface area contributed by atoms with E-state index in [1.165, 1.54) is 11.3 Å². The average Bonchev–Trinajstić information content (AvgIpc) is 2.72. The van der Waals surface area contributed by atoms with Gasteiger partial charge in [0.25, 0.3) is 5.91 Å². The van der Waals surface area contributed by atoms with E-state index in [0.717, 1.165) is 16.9 Å². The normalized spacial score (nSPS) is 9.67. The summed E-state index contributed by atoms with van der Waals surface area (Å²) < 4.78 is 0. The van der Waals surface area contributed by atoms with Crippen molar-refractivity contribution < 1.29 is 4.79 Å². The molecule has 0 aromatic carbocycles. The molecule has 0 aliphatic carbocycles. The number of terminal acetylenes is 1. The van der Waals surface area contributed by atoms with Crippen molar-refractivity contribution in [2.45, 2.75) is 20.3 Å². The quantitative estimate of drug-likeness (QED) is 0.715. The van der Waals surface area contributed by atoms with Gasteiger partial charge in [-0.05, 0) is 30.4 Å². The molecule has 80 valence electrons. The molecule has 0 bridgehead atoms. The predicted molar refractivity (Wildman–Crippen MR) is 64.1 cm³/mol. The summed E-state index contributed by atoms with van der Waals surface area (Å²) in [5, 5.41) is 1.95. The Balaban J connectivity index is 2.88. The summed E-state index contributed by atoms with van der Waals surface area (Å²) in [4.78, 5) is 14.6. The molecule has 3 heteroatoms. The van der Waals surface area contributed by atoms with E-state index >= 15 is 0 Å². The zero-order chi connectivity index (χ0) is 11.3. The van der Waals surface area contributed by atoms with Gasteiger partial charge in [-0.25, -0.2) is 0 Å². The number of aryl methyl sites for hydroxylation is 1. The van der Waals surface area contributed by atoms with Gasteiger partial charge >= 0.3 is 0 Å². The van der Waals surface area contributed by atoms with E-state index in [1.807, 2.05) is 18.4 Å². The Morgan fingerprint density at radius 3 is 2.87 bits per heavy atom. The molecule has 0 fully saturated rings. The fourth-order valence-corrected chi connectivity index (χ4v) is 2.34. The van der Waals surface area contributed by atoms with E-state index < -0.39 is 0 Å². The van der Waals surface area contributed by atoms with E-state index in [9.17, 15) is 4.79 Å². The summed E-state index contributed by atoms with van der Waals surface area (Å²) >= 11 is 1.49. The Kier molecular flexibility index (Phi) is 4.38. The molecule has 0 saturated heterocycles. The van der Waals surface area contributed by atoms with E-state index in [0.29, 0.717) is 13.1 Å². The molecule has 1 aromatic heterocycles. The average molecular weight is 221 g/mol. The van der Waals surface area contributed by atoms with Gasteiger partial charge in [-0.2, -0.15) is 0 Å². The Bertz CT molecular complexity index is 375. The molecule has 1 heterocycles. The molecule has 0 atom stereocenters. The highest BCUT2D eigenvalue weighted by molar-refractivity contribution is 7.12. The molecule has 1 amide bonds.